The number of carbonyl (C=O) groups is 1. The van der Waals surface area contributed by atoms with Gasteiger partial charge in [0.1, 0.15) is 11.6 Å². The lowest BCUT2D eigenvalue weighted by Crippen LogP contribution is -2.38. The predicted octanol–water partition coefficient (Wildman–Crippen LogP) is 1.92. The van der Waals surface area contributed by atoms with E-state index in [2.05, 4.69) is 0 Å². The third kappa shape index (κ3) is 3.35. The fraction of sp³-hybridized carbons (Fsp3) is 0.900. The Bertz CT molecular complexity index is 178. The first kappa shape index (κ1) is 10.5. The molecule has 0 aromatic carbocycles. The van der Waals surface area contributed by atoms with Crippen molar-refractivity contribution in [2.45, 2.75) is 57.6 Å². The van der Waals surface area contributed by atoms with Crippen molar-refractivity contribution in [3.8, 4) is 0 Å². The first-order valence-corrected chi connectivity index (χ1v) is 4.96. The van der Waals surface area contributed by atoms with E-state index in [1.807, 2.05) is 0 Å². The van der Waals surface area contributed by atoms with E-state index in [0.717, 1.165) is 25.7 Å². The summed E-state index contributed by atoms with van der Waals surface area (Å²) in [7, 11) is 0. The molecule has 1 aliphatic carbocycles. The van der Waals surface area contributed by atoms with E-state index in [9.17, 15) is 4.79 Å². The van der Waals surface area contributed by atoms with E-state index in [0.29, 0.717) is 0 Å². The number of rotatable bonds is 2. The van der Waals surface area contributed by atoms with Crippen LogP contribution >= 0.6 is 0 Å². The van der Waals surface area contributed by atoms with Crippen LogP contribution in [0, 0.1) is 0 Å². The smallest absolute Gasteiger partial charge is 0.327 e. The third-order valence-corrected chi connectivity index (χ3v) is 2.34. The maximum absolute atomic E-state index is 11.3. The molecule has 0 heterocycles. The summed E-state index contributed by atoms with van der Waals surface area (Å²) in [6.45, 7) is 3.14. The second-order valence-electron chi connectivity index (χ2n) is 4.29. The van der Waals surface area contributed by atoms with Crippen LogP contribution in [0.4, 0.5) is 0 Å². The molecule has 3 nitrogen and oxygen atoms in total. The van der Waals surface area contributed by atoms with Crippen molar-refractivity contribution < 1.29 is 9.53 Å². The van der Waals surface area contributed by atoms with Crippen molar-refractivity contribution in [3.63, 3.8) is 0 Å². The van der Waals surface area contributed by atoms with Gasteiger partial charge in [0.2, 0.25) is 0 Å². The first-order valence-electron chi connectivity index (χ1n) is 4.96. The fourth-order valence-electron chi connectivity index (χ4n) is 1.48. The third-order valence-electron chi connectivity index (χ3n) is 2.34. The van der Waals surface area contributed by atoms with Crippen LogP contribution in [-0.2, 0) is 9.53 Å². The molecule has 0 unspecified atom stereocenters. The van der Waals surface area contributed by atoms with E-state index in [1.165, 1.54) is 6.42 Å². The van der Waals surface area contributed by atoms with Gasteiger partial charge in [-0.05, 0) is 39.5 Å². The molecule has 13 heavy (non-hydrogen) atoms. The molecule has 0 saturated heterocycles. The number of hydrogen-bond donors (Lipinski definition) is 0. The van der Waals surface area contributed by atoms with E-state index < -0.39 is 5.54 Å². The summed E-state index contributed by atoms with van der Waals surface area (Å²) < 4.78 is 5.23. The summed E-state index contributed by atoms with van der Waals surface area (Å²) in [5, 5.41) is 0. The SMILES string of the molecule is CC(C)([NH])C(=O)OC1CCCCC1. The highest BCUT2D eigenvalue weighted by Gasteiger charge is 2.28. The molecular formula is C10H18NO2. The molecule has 1 aliphatic rings. The van der Waals surface area contributed by atoms with Gasteiger partial charge < -0.3 is 4.74 Å². The van der Waals surface area contributed by atoms with Crippen LogP contribution < -0.4 is 5.73 Å². The molecule has 0 amide bonds. The normalized spacial score (nSPS) is 19.9. The minimum Gasteiger partial charge on any atom is -0.461 e. The highest BCUT2D eigenvalue weighted by Crippen LogP contribution is 2.21. The summed E-state index contributed by atoms with van der Waals surface area (Å²) in [5.74, 6) is -0.389. The van der Waals surface area contributed by atoms with Gasteiger partial charge >= 0.3 is 5.97 Å². The van der Waals surface area contributed by atoms with E-state index in [4.69, 9.17) is 10.5 Å². The molecule has 1 rings (SSSR count). The van der Waals surface area contributed by atoms with Gasteiger partial charge in [0.25, 0.3) is 0 Å². The molecule has 1 saturated carbocycles. The lowest BCUT2D eigenvalue weighted by atomic mass is 9.97. The van der Waals surface area contributed by atoms with Crippen molar-refractivity contribution in [2.24, 2.45) is 0 Å². The number of esters is 1. The standard InChI is InChI=1S/C10H18NO2/c1-10(2,11)9(12)13-8-6-4-3-5-7-8/h8,11H,3-7H2,1-2H3. The zero-order valence-corrected chi connectivity index (χ0v) is 8.43. The average molecular weight is 184 g/mol. The maximum atomic E-state index is 11.3. The molecule has 1 radical (unpaired) electrons. The Balaban J connectivity index is 2.35. The zero-order valence-electron chi connectivity index (χ0n) is 8.43. The minimum atomic E-state index is -1.10. The van der Waals surface area contributed by atoms with Gasteiger partial charge in [-0.1, -0.05) is 6.42 Å². The van der Waals surface area contributed by atoms with Gasteiger partial charge in [-0.25, -0.2) is 5.73 Å². The molecule has 1 N–H and O–H groups in total. The van der Waals surface area contributed by atoms with E-state index in [-0.39, 0.29) is 12.1 Å². The average Bonchev–Trinajstić information content (AvgIpc) is 2.04. The van der Waals surface area contributed by atoms with Gasteiger partial charge in [-0.2, -0.15) is 0 Å². The van der Waals surface area contributed by atoms with Gasteiger partial charge in [0, 0.05) is 0 Å². The van der Waals surface area contributed by atoms with Gasteiger partial charge in [-0.15, -0.1) is 0 Å². The molecule has 0 bridgehead atoms. The summed E-state index contributed by atoms with van der Waals surface area (Å²) in [4.78, 5) is 11.3. The highest BCUT2D eigenvalue weighted by atomic mass is 16.5. The van der Waals surface area contributed by atoms with Crippen molar-refractivity contribution in [3.05, 3.63) is 0 Å². The van der Waals surface area contributed by atoms with Gasteiger partial charge in [0.05, 0.1) is 0 Å². The summed E-state index contributed by atoms with van der Waals surface area (Å²) in [6.07, 6.45) is 5.57. The van der Waals surface area contributed by atoms with Crippen molar-refractivity contribution in [1.29, 1.82) is 0 Å². The van der Waals surface area contributed by atoms with Gasteiger partial charge in [0.15, 0.2) is 0 Å². The first-order chi connectivity index (χ1) is 6.00. The largest absolute Gasteiger partial charge is 0.461 e. The van der Waals surface area contributed by atoms with Crippen LogP contribution in [0.5, 0.6) is 0 Å². The molecule has 75 valence electrons. The summed E-state index contributed by atoms with van der Waals surface area (Å²) in [5.41, 5.74) is 6.38. The van der Waals surface area contributed by atoms with Crippen LogP contribution in [-0.4, -0.2) is 17.6 Å². The number of nitrogens with one attached hydrogen (secondary N) is 1. The Labute approximate surface area is 79.6 Å². The van der Waals surface area contributed by atoms with Crippen LogP contribution in [0.1, 0.15) is 46.0 Å². The minimum absolute atomic E-state index is 0.0749. The lowest BCUT2D eigenvalue weighted by molar-refractivity contribution is -0.156. The molecule has 0 aliphatic heterocycles. The van der Waals surface area contributed by atoms with E-state index in [1.54, 1.807) is 13.8 Å². The van der Waals surface area contributed by atoms with E-state index >= 15 is 0 Å². The topological polar surface area (TPSA) is 50.1 Å². The molecule has 0 spiro atoms. The second kappa shape index (κ2) is 4.09. The molecular weight excluding hydrogens is 166 g/mol. The zero-order chi connectivity index (χ0) is 9.90. The second-order valence-corrected chi connectivity index (χ2v) is 4.29. The fourth-order valence-corrected chi connectivity index (χ4v) is 1.48. The Morgan fingerprint density at radius 3 is 2.31 bits per heavy atom. The highest BCUT2D eigenvalue weighted by molar-refractivity contribution is 5.79. The Morgan fingerprint density at radius 2 is 1.85 bits per heavy atom. The van der Waals surface area contributed by atoms with Gasteiger partial charge in [-0.3, -0.25) is 4.79 Å². The Morgan fingerprint density at radius 1 is 1.31 bits per heavy atom. The lowest BCUT2D eigenvalue weighted by Gasteiger charge is -2.25. The molecule has 1 fully saturated rings. The Kier molecular flexibility index (Phi) is 3.31. The van der Waals surface area contributed by atoms with Crippen LogP contribution in [0.2, 0.25) is 0 Å². The van der Waals surface area contributed by atoms with Crippen LogP contribution in [0.25, 0.3) is 0 Å². The predicted molar refractivity (Wildman–Crippen MR) is 50.1 cm³/mol. The van der Waals surface area contributed by atoms with Crippen molar-refractivity contribution in [1.82, 2.24) is 5.73 Å². The maximum Gasteiger partial charge on any atom is 0.327 e. The van der Waals surface area contributed by atoms with Crippen LogP contribution in [0.3, 0.4) is 0 Å². The van der Waals surface area contributed by atoms with Crippen molar-refractivity contribution >= 4 is 5.97 Å². The quantitative estimate of drug-likeness (QED) is 0.616. The monoisotopic (exact) mass is 184 g/mol. The summed E-state index contributed by atoms with van der Waals surface area (Å²) >= 11 is 0. The van der Waals surface area contributed by atoms with Crippen LogP contribution in [0.15, 0.2) is 0 Å². The molecule has 3 heteroatoms. The summed E-state index contributed by atoms with van der Waals surface area (Å²) in [6, 6.07) is 0. The number of carbonyl (C=O) groups excluding carboxylic acids is 1. The number of ether oxygens (including phenoxy) is 1. The molecule has 0 aromatic rings. The Hall–Kier alpha value is -0.570. The molecule has 0 aromatic heterocycles. The number of hydrogen-bond acceptors (Lipinski definition) is 2. The van der Waals surface area contributed by atoms with Crippen molar-refractivity contribution in [2.75, 3.05) is 0 Å². The molecule has 0 atom stereocenters.